The van der Waals surface area contributed by atoms with Gasteiger partial charge in [0.25, 0.3) is 0 Å². The summed E-state index contributed by atoms with van der Waals surface area (Å²) in [7, 11) is 0. The molecule has 53 valence electrons. The summed E-state index contributed by atoms with van der Waals surface area (Å²) < 4.78 is 0. The number of nitriles is 1. The van der Waals surface area contributed by atoms with Crippen LogP contribution < -0.4 is 0 Å². The fraction of sp³-hybridized carbons (Fsp3) is 0. The Morgan fingerprint density at radius 2 is 2.09 bits per heavy atom. The van der Waals surface area contributed by atoms with E-state index in [0.29, 0.717) is 16.1 Å². The Hall–Kier alpha value is -1.26. The van der Waals surface area contributed by atoms with Gasteiger partial charge < -0.3 is 0 Å². The largest absolute Gasteiger partial charge is 0.192 e. The van der Waals surface area contributed by atoms with Crippen molar-refractivity contribution in [2.45, 2.75) is 0 Å². The molecule has 0 amide bonds. The first-order valence-corrected chi connectivity index (χ1v) is 3.38. The standard InChI is InChI=1S/C9H5ClN/c1-2-7-5-9(10)4-3-8(7)6-11/h3-5H,1H2. The molecule has 0 unspecified atom stereocenters. The minimum absolute atomic E-state index is 0.546. The lowest BCUT2D eigenvalue weighted by molar-refractivity contribution is 1.45. The second kappa shape index (κ2) is 3.23. The first-order chi connectivity index (χ1) is 5.27. The van der Waals surface area contributed by atoms with E-state index in [0.717, 1.165) is 0 Å². The van der Waals surface area contributed by atoms with E-state index in [1.54, 1.807) is 18.2 Å². The van der Waals surface area contributed by atoms with Crippen LogP contribution in [0.1, 0.15) is 11.1 Å². The van der Waals surface area contributed by atoms with E-state index < -0.39 is 0 Å². The summed E-state index contributed by atoms with van der Waals surface area (Å²) in [6.07, 6.45) is 2.63. The van der Waals surface area contributed by atoms with Gasteiger partial charge in [-0.3, -0.25) is 0 Å². The minimum atomic E-state index is 0.546. The van der Waals surface area contributed by atoms with Crippen LogP contribution in [0.2, 0.25) is 5.02 Å². The zero-order valence-corrected chi connectivity index (χ0v) is 6.52. The molecule has 11 heavy (non-hydrogen) atoms. The number of hydrogen-bond donors (Lipinski definition) is 0. The molecule has 1 rings (SSSR count). The lowest BCUT2D eigenvalue weighted by Gasteiger charge is -1.95. The van der Waals surface area contributed by atoms with Gasteiger partial charge in [0, 0.05) is 10.6 Å². The molecule has 0 saturated carbocycles. The molecule has 0 spiro atoms. The molecule has 0 heterocycles. The molecule has 0 aliphatic carbocycles. The summed E-state index contributed by atoms with van der Waals surface area (Å²) in [5.74, 6) is 0. The van der Waals surface area contributed by atoms with Crippen molar-refractivity contribution in [3.8, 4) is 6.07 Å². The summed E-state index contributed by atoms with van der Waals surface area (Å²) in [5.41, 5.74) is 1.20. The average molecular weight is 163 g/mol. The van der Waals surface area contributed by atoms with Crippen molar-refractivity contribution in [3.05, 3.63) is 47.0 Å². The van der Waals surface area contributed by atoms with Crippen LogP contribution in [-0.4, -0.2) is 0 Å². The molecular weight excluding hydrogens is 158 g/mol. The van der Waals surface area contributed by atoms with Crippen LogP contribution >= 0.6 is 11.6 Å². The Bertz CT molecular complexity index is 323. The lowest BCUT2D eigenvalue weighted by atomic mass is 10.1. The van der Waals surface area contributed by atoms with Crippen LogP contribution in [-0.2, 0) is 0 Å². The van der Waals surface area contributed by atoms with Crippen LogP contribution in [0.5, 0.6) is 0 Å². The van der Waals surface area contributed by atoms with Crippen LogP contribution in [0.4, 0.5) is 0 Å². The Balaban J connectivity index is 3.30. The van der Waals surface area contributed by atoms with Gasteiger partial charge in [-0.2, -0.15) is 5.26 Å². The monoisotopic (exact) mass is 162 g/mol. The Morgan fingerprint density at radius 3 is 2.64 bits per heavy atom. The molecule has 0 fully saturated rings. The van der Waals surface area contributed by atoms with Crippen LogP contribution in [0.15, 0.2) is 24.8 Å². The second-order valence-corrected chi connectivity index (χ2v) is 2.41. The van der Waals surface area contributed by atoms with E-state index >= 15 is 0 Å². The van der Waals surface area contributed by atoms with Gasteiger partial charge in [0.15, 0.2) is 0 Å². The third kappa shape index (κ3) is 1.60. The first-order valence-electron chi connectivity index (χ1n) is 3.00. The second-order valence-electron chi connectivity index (χ2n) is 1.98. The number of hydrogen-bond acceptors (Lipinski definition) is 1. The van der Waals surface area contributed by atoms with E-state index in [9.17, 15) is 0 Å². The maximum absolute atomic E-state index is 8.58. The number of rotatable bonds is 1. The highest BCUT2D eigenvalue weighted by Crippen LogP contribution is 2.14. The Morgan fingerprint density at radius 1 is 1.36 bits per heavy atom. The molecule has 0 aliphatic rings. The number of nitrogens with zero attached hydrogens (tertiary/aromatic N) is 1. The van der Waals surface area contributed by atoms with Crippen molar-refractivity contribution in [2.24, 2.45) is 0 Å². The maximum Gasteiger partial charge on any atom is 0.0998 e. The highest BCUT2D eigenvalue weighted by molar-refractivity contribution is 6.30. The van der Waals surface area contributed by atoms with Crippen molar-refractivity contribution in [1.29, 1.82) is 5.26 Å². The quantitative estimate of drug-likeness (QED) is 0.623. The zero-order valence-electron chi connectivity index (χ0n) is 5.76. The van der Waals surface area contributed by atoms with Gasteiger partial charge in [-0.25, -0.2) is 0 Å². The summed E-state index contributed by atoms with van der Waals surface area (Å²) in [4.78, 5) is 0. The van der Waals surface area contributed by atoms with Crippen molar-refractivity contribution in [2.75, 3.05) is 0 Å². The normalized spacial score (nSPS) is 8.73. The number of benzene rings is 1. The third-order valence-electron chi connectivity index (χ3n) is 1.29. The molecule has 0 aliphatic heterocycles. The van der Waals surface area contributed by atoms with E-state index in [-0.39, 0.29) is 0 Å². The third-order valence-corrected chi connectivity index (χ3v) is 1.53. The highest BCUT2D eigenvalue weighted by Gasteiger charge is 1.97. The van der Waals surface area contributed by atoms with Gasteiger partial charge in [-0.1, -0.05) is 18.2 Å². The Labute approximate surface area is 70.5 Å². The summed E-state index contributed by atoms with van der Waals surface area (Å²) in [6.45, 7) is 3.45. The molecule has 0 N–H and O–H groups in total. The predicted octanol–water partition coefficient (Wildman–Crippen LogP) is 2.55. The lowest BCUT2D eigenvalue weighted by Crippen LogP contribution is -1.81. The molecule has 1 aromatic carbocycles. The fourth-order valence-electron chi connectivity index (χ4n) is 0.760. The van der Waals surface area contributed by atoms with E-state index in [1.807, 2.05) is 6.07 Å². The van der Waals surface area contributed by atoms with Crippen LogP contribution in [0.3, 0.4) is 0 Å². The molecule has 1 aromatic rings. The zero-order chi connectivity index (χ0) is 8.27. The molecule has 1 nitrogen and oxygen atoms in total. The van der Waals surface area contributed by atoms with Gasteiger partial charge in [-0.05, 0) is 24.3 Å². The minimum Gasteiger partial charge on any atom is -0.192 e. The van der Waals surface area contributed by atoms with E-state index in [1.165, 1.54) is 0 Å². The summed E-state index contributed by atoms with van der Waals surface area (Å²) in [6, 6.07) is 6.99. The highest BCUT2D eigenvalue weighted by atomic mass is 35.5. The molecule has 0 aromatic heterocycles. The average Bonchev–Trinajstić information content (AvgIpc) is 2.04. The topological polar surface area (TPSA) is 23.8 Å². The smallest absolute Gasteiger partial charge is 0.0998 e. The van der Waals surface area contributed by atoms with Crippen LogP contribution in [0.25, 0.3) is 0 Å². The molecular formula is C9H5ClN. The fourth-order valence-corrected chi connectivity index (χ4v) is 0.932. The van der Waals surface area contributed by atoms with Gasteiger partial charge in [0.1, 0.15) is 0 Å². The van der Waals surface area contributed by atoms with Crippen molar-refractivity contribution >= 4 is 11.6 Å². The molecule has 0 bridgehead atoms. The van der Waals surface area contributed by atoms with E-state index in [4.69, 9.17) is 16.9 Å². The SMILES string of the molecule is C=[C]c1cc(Cl)ccc1C#N. The molecule has 0 atom stereocenters. The maximum atomic E-state index is 8.58. The predicted molar refractivity (Wildman–Crippen MR) is 44.1 cm³/mol. The first kappa shape index (κ1) is 7.84. The van der Waals surface area contributed by atoms with Crippen molar-refractivity contribution in [1.82, 2.24) is 0 Å². The van der Waals surface area contributed by atoms with Gasteiger partial charge >= 0.3 is 0 Å². The number of halogens is 1. The van der Waals surface area contributed by atoms with Gasteiger partial charge in [0.05, 0.1) is 11.6 Å². The van der Waals surface area contributed by atoms with Crippen molar-refractivity contribution in [3.63, 3.8) is 0 Å². The van der Waals surface area contributed by atoms with Gasteiger partial charge in [-0.15, -0.1) is 0 Å². The van der Waals surface area contributed by atoms with Crippen molar-refractivity contribution < 1.29 is 0 Å². The molecule has 0 saturated heterocycles. The molecule has 1 radical (unpaired) electrons. The van der Waals surface area contributed by atoms with E-state index in [2.05, 4.69) is 12.7 Å². The molecule has 2 heteroatoms. The van der Waals surface area contributed by atoms with Gasteiger partial charge in [0.2, 0.25) is 0 Å². The summed E-state index contributed by atoms with van der Waals surface area (Å²) in [5, 5.41) is 9.17. The van der Waals surface area contributed by atoms with Crippen LogP contribution in [0, 0.1) is 17.4 Å². The summed E-state index contributed by atoms with van der Waals surface area (Å²) >= 11 is 5.68. The Kier molecular flexibility index (Phi) is 2.30.